The van der Waals surface area contributed by atoms with Crippen LogP contribution in [0, 0.1) is 5.92 Å². The van der Waals surface area contributed by atoms with Gasteiger partial charge in [-0.2, -0.15) is 0 Å². The molecule has 0 saturated carbocycles. The molecular weight excluding hydrogens is 432 g/mol. The molecule has 0 saturated heterocycles. The number of halogens is 1. The van der Waals surface area contributed by atoms with Gasteiger partial charge < -0.3 is 10.1 Å². The Kier molecular flexibility index (Phi) is 7.41. The molecule has 8 heteroatoms. The van der Waals surface area contributed by atoms with Gasteiger partial charge in [-0.25, -0.2) is 13.6 Å². The Labute approximate surface area is 168 Å². The van der Waals surface area contributed by atoms with E-state index < -0.39 is 10.0 Å². The van der Waals surface area contributed by atoms with Gasteiger partial charge in [0.05, 0.1) is 17.1 Å². The van der Waals surface area contributed by atoms with Gasteiger partial charge in [-0.15, -0.1) is 0 Å². The molecule has 0 aliphatic heterocycles. The van der Waals surface area contributed by atoms with Crippen LogP contribution in [0.1, 0.15) is 36.2 Å². The third kappa shape index (κ3) is 6.64. The zero-order chi connectivity index (χ0) is 20.0. The van der Waals surface area contributed by atoms with Gasteiger partial charge in [0, 0.05) is 11.0 Å². The molecule has 0 aliphatic rings. The van der Waals surface area contributed by atoms with Crippen LogP contribution in [-0.2, 0) is 16.6 Å². The number of ether oxygens (including phenoxy) is 1. The summed E-state index contributed by atoms with van der Waals surface area (Å²) in [4.78, 5) is 12.6. The third-order valence-electron chi connectivity index (χ3n) is 3.84. The predicted octanol–water partition coefficient (Wildman–Crippen LogP) is 3.45. The van der Waals surface area contributed by atoms with Gasteiger partial charge in [-0.3, -0.25) is 4.79 Å². The highest BCUT2D eigenvalue weighted by atomic mass is 79.9. The molecule has 0 aromatic heterocycles. The van der Waals surface area contributed by atoms with E-state index in [1.807, 2.05) is 6.07 Å². The maximum atomic E-state index is 12.6. The second-order valence-corrected chi connectivity index (χ2v) is 9.02. The molecule has 0 aliphatic carbocycles. The predicted molar refractivity (Wildman–Crippen MR) is 108 cm³/mol. The summed E-state index contributed by atoms with van der Waals surface area (Å²) in [6.45, 7) is 5.01. The summed E-state index contributed by atoms with van der Waals surface area (Å²) in [6.07, 6.45) is 0.896. The lowest BCUT2D eigenvalue weighted by Gasteiger charge is -2.13. The fourth-order valence-corrected chi connectivity index (χ4v) is 3.16. The maximum absolute atomic E-state index is 12.6. The fraction of sp³-hybridized carbons (Fsp3) is 0.316. The number of nitrogens with two attached hydrogens (primary N) is 1. The molecule has 3 N–H and O–H groups in total. The zero-order valence-corrected chi connectivity index (χ0v) is 17.6. The Bertz CT molecular complexity index is 896. The zero-order valence-electron chi connectivity index (χ0n) is 15.2. The monoisotopic (exact) mass is 454 g/mol. The van der Waals surface area contributed by atoms with Crippen molar-refractivity contribution in [3.05, 3.63) is 58.1 Å². The van der Waals surface area contributed by atoms with Crippen LogP contribution in [0.2, 0.25) is 0 Å². The Morgan fingerprint density at radius 2 is 1.85 bits per heavy atom. The number of sulfonamides is 1. The minimum Gasteiger partial charge on any atom is -0.493 e. The van der Waals surface area contributed by atoms with Gasteiger partial charge in [0.2, 0.25) is 10.0 Å². The molecule has 0 atom stereocenters. The molecule has 0 unspecified atom stereocenters. The molecule has 0 bridgehead atoms. The van der Waals surface area contributed by atoms with E-state index in [2.05, 4.69) is 35.1 Å². The van der Waals surface area contributed by atoms with E-state index in [9.17, 15) is 13.2 Å². The van der Waals surface area contributed by atoms with Crippen LogP contribution in [0.3, 0.4) is 0 Å². The van der Waals surface area contributed by atoms with Crippen LogP contribution in [0.15, 0.2) is 51.8 Å². The quantitative estimate of drug-likeness (QED) is 0.637. The molecule has 0 spiro atoms. The van der Waals surface area contributed by atoms with E-state index in [1.54, 1.807) is 24.3 Å². The van der Waals surface area contributed by atoms with Crippen molar-refractivity contribution < 1.29 is 17.9 Å². The Morgan fingerprint density at radius 3 is 2.44 bits per heavy atom. The lowest BCUT2D eigenvalue weighted by molar-refractivity contribution is 0.0946. The lowest BCUT2D eigenvalue weighted by atomic mass is 10.1. The first-order chi connectivity index (χ1) is 12.7. The number of nitrogens with one attached hydrogen (secondary N) is 1. The highest BCUT2D eigenvalue weighted by Crippen LogP contribution is 2.24. The Balaban J connectivity index is 2.05. The van der Waals surface area contributed by atoms with Crippen molar-refractivity contribution in [2.75, 3.05) is 6.61 Å². The van der Waals surface area contributed by atoms with Crippen molar-refractivity contribution in [2.24, 2.45) is 11.1 Å². The van der Waals surface area contributed by atoms with Gasteiger partial charge in [-0.1, -0.05) is 41.9 Å². The van der Waals surface area contributed by atoms with Crippen LogP contribution >= 0.6 is 15.9 Å². The van der Waals surface area contributed by atoms with Crippen LogP contribution in [0.4, 0.5) is 0 Å². The average molecular weight is 455 g/mol. The summed E-state index contributed by atoms with van der Waals surface area (Å²) >= 11 is 3.37. The van der Waals surface area contributed by atoms with Crippen molar-refractivity contribution >= 4 is 31.9 Å². The molecule has 2 aromatic carbocycles. The van der Waals surface area contributed by atoms with Crippen LogP contribution < -0.4 is 15.2 Å². The normalized spacial score (nSPS) is 11.4. The van der Waals surface area contributed by atoms with Gasteiger partial charge >= 0.3 is 0 Å². The second-order valence-electron chi connectivity index (χ2n) is 6.54. The largest absolute Gasteiger partial charge is 0.493 e. The summed E-state index contributed by atoms with van der Waals surface area (Å²) in [6, 6.07) is 11.4. The van der Waals surface area contributed by atoms with Gasteiger partial charge in [0.15, 0.2) is 0 Å². The Morgan fingerprint density at radius 1 is 1.19 bits per heavy atom. The number of carbonyl (C=O) groups is 1. The first-order valence-corrected chi connectivity index (χ1v) is 10.8. The molecule has 2 rings (SSSR count). The molecule has 27 heavy (non-hydrogen) atoms. The summed E-state index contributed by atoms with van der Waals surface area (Å²) in [5.74, 6) is 0.769. The topological polar surface area (TPSA) is 98.5 Å². The van der Waals surface area contributed by atoms with Gasteiger partial charge in [0.1, 0.15) is 5.75 Å². The van der Waals surface area contributed by atoms with Crippen LogP contribution in [0.25, 0.3) is 0 Å². The van der Waals surface area contributed by atoms with Gasteiger partial charge in [-0.05, 0) is 48.2 Å². The molecule has 0 heterocycles. The number of hydrogen-bond acceptors (Lipinski definition) is 4. The van der Waals surface area contributed by atoms with E-state index in [0.29, 0.717) is 23.8 Å². The van der Waals surface area contributed by atoms with E-state index in [0.717, 1.165) is 16.5 Å². The smallest absolute Gasteiger partial charge is 0.255 e. The van der Waals surface area contributed by atoms with Crippen molar-refractivity contribution in [2.45, 2.75) is 31.7 Å². The third-order valence-corrected chi connectivity index (χ3v) is 5.27. The standard InChI is InChI=1S/C19H23BrN2O4S/c1-13(2)9-10-26-18-8-5-15(20)11-17(18)19(23)22-12-14-3-6-16(7-4-14)27(21,24)25/h3-8,11,13H,9-10,12H2,1-2H3,(H,22,23)(H2,21,24,25). The number of amides is 1. The fourth-order valence-electron chi connectivity index (χ4n) is 2.28. The summed E-state index contributed by atoms with van der Waals surface area (Å²) in [7, 11) is -3.73. The molecule has 2 aromatic rings. The molecule has 0 radical (unpaired) electrons. The summed E-state index contributed by atoms with van der Waals surface area (Å²) in [5, 5.41) is 7.90. The van der Waals surface area contributed by atoms with E-state index in [4.69, 9.17) is 9.88 Å². The highest BCUT2D eigenvalue weighted by molar-refractivity contribution is 9.10. The van der Waals surface area contributed by atoms with E-state index in [-0.39, 0.29) is 17.3 Å². The van der Waals surface area contributed by atoms with E-state index >= 15 is 0 Å². The number of carbonyl (C=O) groups excluding carboxylic acids is 1. The molecule has 1 amide bonds. The van der Waals surface area contributed by atoms with Crippen LogP contribution in [0.5, 0.6) is 5.75 Å². The SMILES string of the molecule is CC(C)CCOc1ccc(Br)cc1C(=O)NCc1ccc(S(N)(=O)=O)cc1. The Hall–Kier alpha value is -1.90. The second kappa shape index (κ2) is 9.34. The minimum absolute atomic E-state index is 0.0328. The highest BCUT2D eigenvalue weighted by Gasteiger charge is 2.14. The van der Waals surface area contributed by atoms with E-state index in [1.165, 1.54) is 12.1 Å². The molecule has 0 fully saturated rings. The lowest BCUT2D eigenvalue weighted by Crippen LogP contribution is -2.23. The maximum Gasteiger partial charge on any atom is 0.255 e. The number of rotatable bonds is 8. The number of benzene rings is 2. The number of hydrogen-bond donors (Lipinski definition) is 2. The number of primary sulfonamides is 1. The van der Waals surface area contributed by atoms with Crippen molar-refractivity contribution in [1.82, 2.24) is 5.32 Å². The van der Waals surface area contributed by atoms with Crippen molar-refractivity contribution in [3.63, 3.8) is 0 Å². The first kappa shape index (κ1) is 21.4. The first-order valence-electron chi connectivity index (χ1n) is 8.49. The van der Waals surface area contributed by atoms with Gasteiger partial charge in [0.25, 0.3) is 5.91 Å². The van der Waals surface area contributed by atoms with Crippen molar-refractivity contribution in [1.29, 1.82) is 0 Å². The average Bonchev–Trinajstić information content (AvgIpc) is 2.60. The molecule has 6 nitrogen and oxygen atoms in total. The summed E-state index contributed by atoms with van der Waals surface area (Å²) < 4.78 is 29.1. The van der Waals surface area contributed by atoms with Crippen LogP contribution in [-0.4, -0.2) is 20.9 Å². The minimum atomic E-state index is -3.73. The summed E-state index contributed by atoms with van der Waals surface area (Å²) in [5.41, 5.74) is 1.20. The van der Waals surface area contributed by atoms with Crippen molar-refractivity contribution in [3.8, 4) is 5.75 Å². The molecule has 146 valence electrons. The molecular formula is C19H23BrN2O4S.